The van der Waals surface area contributed by atoms with Gasteiger partial charge in [0.15, 0.2) is 5.82 Å². The number of fused-ring (bicyclic) bond motifs is 1. The fraction of sp³-hybridized carbons (Fsp3) is 0.267. The highest BCUT2D eigenvalue weighted by molar-refractivity contribution is 5.79. The van der Waals surface area contributed by atoms with Gasteiger partial charge in [0.25, 0.3) is 0 Å². The molecular formula is C15H16N4. The van der Waals surface area contributed by atoms with E-state index in [2.05, 4.69) is 40.9 Å². The molecular weight excluding hydrogens is 236 g/mol. The van der Waals surface area contributed by atoms with Crippen molar-refractivity contribution in [2.75, 3.05) is 0 Å². The van der Waals surface area contributed by atoms with E-state index in [9.17, 15) is 0 Å². The summed E-state index contributed by atoms with van der Waals surface area (Å²) in [5.74, 6) is 0.658. The summed E-state index contributed by atoms with van der Waals surface area (Å²) >= 11 is 0. The smallest absolute Gasteiger partial charge is 0.180 e. The highest BCUT2D eigenvalue weighted by Gasteiger charge is 2.18. The number of aromatic nitrogens is 4. The maximum absolute atomic E-state index is 4.55. The van der Waals surface area contributed by atoms with Gasteiger partial charge >= 0.3 is 0 Å². The van der Waals surface area contributed by atoms with Crippen LogP contribution >= 0.6 is 0 Å². The van der Waals surface area contributed by atoms with Gasteiger partial charge in [0.1, 0.15) is 5.69 Å². The quantitative estimate of drug-likeness (QED) is 0.722. The highest BCUT2D eigenvalue weighted by Crippen LogP contribution is 2.24. The van der Waals surface area contributed by atoms with E-state index in [1.165, 1.54) is 0 Å². The minimum atomic E-state index is 0.0437. The van der Waals surface area contributed by atoms with E-state index in [1.807, 2.05) is 36.5 Å². The number of hydrogen-bond donors (Lipinski definition) is 1. The molecule has 0 saturated carbocycles. The molecule has 0 aliphatic heterocycles. The number of nitrogens with one attached hydrogen (secondary N) is 1. The summed E-state index contributed by atoms with van der Waals surface area (Å²) in [6.45, 7) is 6.43. The monoisotopic (exact) mass is 252 g/mol. The first-order valence-corrected chi connectivity index (χ1v) is 6.32. The Kier molecular flexibility index (Phi) is 2.59. The van der Waals surface area contributed by atoms with Crippen LogP contribution in [0.15, 0.2) is 36.5 Å². The van der Waals surface area contributed by atoms with Gasteiger partial charge in [-0.3, -0.25) is 5.10 Å². The first-order chi connectivity index (χ1) is 9.04. The molecule has 0 aliphatic rings. The lowest BCUT2D eigenvalue weighted by atomic mass is 9.92. The second-order valence-corrected chi connectivity index (χ2v) is 5.67. The first-order valence-electron chi connectivity index (χ1n) is 6.32. The standard InChI is InChI=1S/C15H16N4/c1-15(2,3)13-8-12(18-19-13)14-16-9-10-6-4-5-7-11(10)17-14/h4-9H,1-3H3,(H,18,19). The number of aromatic amines is 1. The Morgan fingerprint density at radius 3 is 2.63 bits per heavy atom. The molecule has 3 rings (SSSR count). The second kappa shape index (κ2) is 4.16. The van der Waals surface area contributed by atoms with Crippen LogP contribution in [0.2, 0.25) is 0 Å². The van der Waals surface area contributed by atoms with E-state index in [4.69, 9.17) is 0 Å². The zero-order valence-electron chi connectivity index (χ0n) is 11.3. The van der Waals surface area contributed by atoms with E-state index < -0.39 is 0 Å². The Bertz CT molecular complexity index is 722. The lowest BCUT2D eigenvalue weighted by Crippen LogP contribution is -2.11. The predicted octanol–water partition coefficient (Wildman–Crippen LogP) is 3.32. The molecule has 0 unspecified atom stereocenters. The Balaban J connectivity index is 2.07. The fourth-order valence-corrected chi connectivity index (χ4v) is 1.92. The minimum absolute atomic E-state index is 0.0437. The molecule has 4 nitrogen and oxygen atoms in total. The maximum Gasteiger partial charge on any atom is 0.180 e. The average Bonchev–Trinajstić information content (AvgIpc) is 2.87. The number of para-hydroxylation sites is 1. The highest BCUT2D eigenvalue weighted by atomic mass is 15.1. The predicted molar refractivity (Wildman–Crippen MR) is 75.8 cm³/mol. The molecule has 0 amide bonds. The molecule has 96 valence electrons. The summed E-state index contributed by atoms with van der Waals surface area (Å²) in [5.41, 5.74) is 2.85. The van der Waals surface area contributed by atoms with Crippen LogP contribution < -0.4 is 0 Å². The molecule has 2 aromatic heterocycles. The van der Waals surface area contributed by atoms with Crippen LogP contribution in [0.3, 0.4) is 0 Å². The Morgan fingerprint density at radius 1 is 1.11 bits per heavy atom. The van der Waals surface area contributed by atoms with Crippen LogP contribution in [-0.4, -0.2) is 20.2 Å². The molecule has 19 heavy (non-hydrogen) atoms. The fourth-order valence-electron chi connectivity index (χ4n) is 1.92. The molecule has 0 atom stereocenters. The molecule has 4 heteroatoms. The van der Waals surface area contributed by atoms with Crippen LogP contribution in [0.4, 0.5) is 0 Å². The van der Waals surface area contributed by atoms with Crippen LogP contribution in [0.5, 0.6) is 0 Å². The van der Waals surface area contributed by atoms with Crippen molar-refractivity contribution in [3.63, 3.8) is 0 Å². The van der Waals surface area contributed by atoms with Crippen LogP contribution in [-0.2, 0) is 5.41 Å². The summed E-state index contributed by atoms with van der Waals surface area (Å²) in [6, 6.07) is 9.97. The van der Waals surface area contributed by atoms with Gasteiger partial charge in [0.05, 0.1) is 5.52 Å². The van der Waals surface area contributed by atoms with E-state index in [-0.39, 0.29) is 5.41 Å². The van der Waals surface area contributed by atoms with Crippen molar-refractivity contribution in [2.45, 2.75) is 26.2 Å². The molecule has 1 aromatic carbocycles. The summed E-state index contributed by atoms with van der Waals surface area (Å²) < 4.78 is 0. The zero-order chi connectivity index (χ0) is 13.5. The molecule has 0 aliphatic carbocycles. The van der Waals surface area contributed by atoms with E-state index >= 15 is 0 Å². The van der Waals surface area contributed by atoms with Crippen LogP contribution in [0.1, 0.15) is 26.5 Å². The van der Waals surface area contributed by atoms with Gasteiger partial charge in [-0.15, -0.1) is 0 Å². The number of benzene rings is 1. The summed E-state index contributed by atoms with van der Waals surface area (Å²) in [7, 11) is 0. The third-order valence-corrected chi connectivity index (χ3v) is 3.10. The van der Waals surface area contributed by atoms with Crippen molar-refractivity contribution in [3.05, 3.63) is 42.2 Å². The maximum atomic E-state index is 4.55. The normalized spacial score (nSPS) is 11.9. The van der Waals surface area contributed by atoms with Gasteiger partial charge in [-0.25, -0.2) is 9.97 Å². The van der Waals surface area contributed by atoms with Gasteiger partial charge in [0.2, 0.25) is 0 Å². The first kappa shape index (κ1) is 11.8. The van der Waals surface area contributed by atoms with Gasteiger partial charge in [0, 0.05) is 22.7 Å². The van der Waals surface area contributed by atoms with E-state index in [0.717, 1.165) is 22.3 Å². The summed E-state index contributed by atoms with van der Waals surface area (Å²) in [5, 5.41) is 8.41. The summed E-state index contributed by atoms with van der Waals surface area (Å²) in [6.07, 6.45) is 1.84. The molecule has 3 aromatic rings. The topological polar surface area (TPSA) is 54.5 Å². The van der Waals surface area contributed by atoms with Crippen molar-refractivity contribution in [3.8, 4) is 11.5 Å². The van der Waals surface area contributed by atoms with Crippen molar-refractivity contribution >= 4 is 10.9 Å². The third kappa shape index (κ3) is 2.21. The van der Waals surface area contributed by atoms with Gasteiger partial charge in [-0.1, -0.05) is 39.0 Å². The molecule has 0 radical (unpaired) electrons. The van der Waals surface area contributed by atoms with Crippen molar-refractivity contribution in [1.82, 2.24) is 20.2 Å². The largest absolute Gasteiger partial charge is 0.281 e. The number of nitrogens with zero attached hydrogens (tertiary/aromatic N) is 3. The van der Waals surface area contributed by atoms with E-state index in [0.29, 0.717) is 5.82 Å². The Labute approximate surface area is 111 Å². The molecule has 0 fully saturated rings. The SMILES string of the molecule is CC(C)(C)c1cc(-c2ncc3ccccc3n2)n[nH]1. The number of H-pyrrole nitrogens is 1. The van der Waals surface area contributed by atoms with Gasteiger partial charge in [-0.2, -0.15) is 5.10 Å². The Morgan fingerprint density at radius 2 is 1.89 bits per heavy atom. The van der Waals surface area contributed by atoms with Crippen molar-refractivity contribution in [2.24, 2.45) is 0 Å². The zero-order valence-corrected chi connectivity index (χ0v) is 11.3. The molecule has 1 N–H and O–H groups in total. The number of hydrogen-bond acceptors (Lipinski definition) is 3. The van der Waals surface area contributed by atoms with E-state index in [1.54, 1.807) is 0 Å². The number of rotatable bonds is 1. The second-order valence-electron chi connectivity index (χ2n) is 5.67. The molecule has 2 heterocycles. The third-order valence-electron chi connectivity index (χ3n) is 3.10. The molecule has 0 saturated heterocycles. The van der Waals surface area contributed by atoms with Gasteiger partial charge < -0.3 is 0 Å². The lowest BCUT2D eigenvalue weighted by Gasteiger charge is -2.14. The van der Waals surface area contributed by atoms with Crippen LogP contribution in [0.25, 0.3) is 22.4 Å². The van der Waals surface area contributed by atoms with Crippen molar-refractivity contribution in [1.29, 1.82) is 0 Å². The molecule has 0 bridgehead atoms. The van der Waals surface area contributed by atoms with Gasteiger partial charge in [-0.05, 0) is 12.1 Å². The summed E-state index contributed by atoms with van der Waals surface area (Å²) in [4.78, 5) is 8.93. The average molecular weight is 252 g/mol. The van der Waals surface area contributed by atoms with Crippen molar-refractivity contribution < 1.29 is 0 Å². The van der Waals surface area contributed by atoms with Crippen LogP contribution in [0, 0.1) is 0 Å². The lowest BCUT2D eigenvalue weighted by molar-refractivity contribution is 0.567. The Hall–Kier alpha value is -2.23. The minimum Gasteiger partial charge on any atom is -0.281 e. The molecule has 0 spiro atoms.